The molecule has 2 atom stereocenters. The molecule has 0 bridgehead atoms. The van der Waals surface area contributed by atoms with Crippen molar-refractivity contribution in [1.82, 2.24) is 4.90 Å². The first-order valence-electron chi connectivity index (χ1n) is 7.98. The summed E-state index contributed by atoms with van der Waals surface area (Å²) in [5.74, 6) is -1.11. The number of hydrogen-bond acceptors (Lipinski definition) is 7. The Kier molecular flexibility index (Phi) is 4.98. The van der Waals surface area contributed by atoms with Crippen molar-refractivity contribution in [3.05, 3.63) is 0 Å². The summed E-state index contributed by atoms with van der Waals surface area (Å²) in [5.41, 5.74) is -1.45. The van der Waals surface area contributed by atoms with Crippen LogP contribution in [0.4, 0.5) is 0 Å². The van der Waals surface area contributed by atoms with Crippen LogP contribution < -0.4 is 0 Å². The summed E-state index contributed by atoms with van der Waals surface area (Å²) < 4.78 is 15.6. The molecule has 0 aromatic rings. The van der Waals surface area contributed by atoms with Crippen LogP contribution in [0.2, 0.25) is 0 Å². The third-order valence-electron chi connectivity index (χ3n) is 4.53. The number of esters is 3. The van der Waals surface area contributed by atoms with Gasteiger partial charge in [-0.1, -0.05) is 0 Å². The van der Waals surface area contributed by atoms with E-state index in [1.165, 1.54) is 6.92 Å². The van der Waals surface area contributed by atoms with Crippen molar-refractivity contribution in [3.8, 4) is 0 Å². The van der Waals surface area contributed by atoms with Gasteiger partial charge in [-0.25, -0.2) is 4.79 Å². The molecule has 0 aromatic heterocycles. The molecule has 130 valence electrons. The molecule has 0 aromatic carbocycles. The summed E-state index contributed by atoms with van der Waals surface area (Å²) in [6.07, 6.45) is 1.36. The summed E-state index contributed by atoms with van der Waals surface area (Å²) in [6, 6.07) is -0.132. The lowest BCUT2D eigenvalue weighted by atomic mass is 9.89. The molecule has 0 radical (unpaired) electrons. The molecule has 0 unspecified atom stereocenters. The van der Waals surface area contributed by atoms with E-state index >= 15 is 0 Å². The third-order valence-corrected chi connectivity index (χ3v) is 4.53. The second-order valence-corrected chi connectivity index (χ2v) is 6.77. The van der Waals surface area contributed by atoms with Crippen LogP contribution in [0, 0.1) is 0 Å². The van der Waals surface area contributed by atoms with Crippen LogP contribution in [0.15, 0.2) is 0 Å². The fourth-order valence-electron chi connectivity index (χ4n) is 3.75. The van der Waals surface area contributed by atoms with Gasteiger partial charge in [0.15, 0.2) is 5.54 Å². The van der Waals surface area contributed by atoms with Gasteiger partial charge < -0.3 is 14.2 Å². The molecule has 2 fully saturated rings. The minimum atomic E-state index is -1.01. The molecular formula is C16H25NO6. The fraction of sp³-hybridized carbons (Fsp3) is 0.812. The molecule has 0 spiro atoms. The smallest absolute Gasteiger partial charge is 0.330 e. The number of hydrogen-bond donors (Lipinski definition) is 0. The number of ether oxygens (including phenoxy) is 3. The Morgan fingerprint density at radius 3 is 2.65 bits per heavy atom. The Balaban J connectivity index is 2.27. The lowest BCUT2D eigenvalue weighted by Gasteiger charge is -2.51. The predicted octanol–water partition coefficient (Wildman–Crippen LogP) is 1.04. The van der Waals surface area contributed by atoms with Crippen LogP contribution in [0.1, 0.15) is 47.0 Å². The Morgan fingerprint density at radius 1 is 1.35 bits per heavy atom. The molecule has 0 saturated carbocycles. The monoisotopic (exact) mass is 327 g/mol. The van der Waals surface area contributed by atoms with E-state index in [1.807, 2.05) is 18.7 Å². The standard InChI is InChI=1S/C16H25NO6/c1-5-21-13(19)8-12-6-7-16(10-22-11(2)18)14(20)23-9-15(3,4)17(12)16/h12H,5-10H2,1-4H3/t12-,16+/m1/s1. The summed E-state index contributed by atoms with van der Waals surface area (Å²) in [6.45, 7) is 7.52. The SMILES string of the molecule is CCOC(=O)C[C@H]1CC[C@]2(COC(C)=O)C(=O)OCC(C)(C)N12. The first-order chi connectivity index (χ1) is 10.7. The van der Waals surface area contributed by atoms with E-state index in [-0.39, 0.29) is 37.6 Å². The average molecular weight is 327 g/mol. The second kappa shape index (κ2) is 6.47. The van der Waals surface area contributed by atoms with Gasteiger partial charge in [-0.15, -0.1) is 0 Å². The quantitative estimate of drug-likeness (QED) is 0.551. The number of nitrogens with zero attached hydrogens (tertiary/aromatic N) is 1. The molecule has 2 aliphatic rings. The lowest BCUT2D eigenvalue weighted by Crippen LogP contribution is -2.69. The maximum Gasteiger partial charge on any atom is 0.330 e. The Morgan fingerprint density at radius 2 is 2.04 bits per heavy atom. The number of carbonyl (C=O) groups is 3. The Bertz CT molecular complexity index is 503. The van der Waals surface area contributed by atoms with Crippen molar-refractivity contribution < 1.29 is 28.6 Å². The highest BCUT2D eigenvalue weighted by Crippen LogP contribution is 2.45. The highest BCUT2D eigenvalue weighted by atomic mass is 16.6. The van der Waals surface area contributed by atoms with Crippen LogP contribution in [-0.4, -0.2) is 59.7 Å². The van der Waals surface area contributed by atoms with Crippen LogP contribution in [0.5, 0.6) is 0 Å². The van der Waals surface area contributed by atoms with Gasteiger partial charge in [-0.3, -0.25) is 14.5 Å². The first-order valence-corrected chi connectivity index (χ1v) is 7.98. The minimum Gasteiger partial charge on any atom is -0.466 e. The van der Waals surface area contributed by atoms with E-state index in [4.69, 9.17) is 14.2 Å². The number of morpholine rings is 1. The maximum absolute atomic E-state index is 12.5. The Labute approximate surface area is 136 Å². The molecule has 2 aliphatic heterocycles. The van der Waals surface area contributed by atoms with E-state index in [0.29, 0.717) is 19.4 Å². The molecule has 23 heavy (non-hydrogen) atoms. The molecule has 7 nitrogen and oxygen atoms in total. The molecule has 2 rings (SSSR count). The number of cyclic esters (lactones) is 1. The molecule has 0 amide bonds. The van der Waals surface area contributed by atoms with Crippen LogP contribution in [0.25, 0.3) is 0 Å². The zero-order chi connectivity index (χ0) is 17.3. The highest BCUT2D eigenvalue weighted by molar-refractivity contribution is 5.83. The van der Waals surface area contributed by atoms with Crippen LogP contribution >= 0.6 is 0 Å². The molecule has 0 N–H and O–H groups in total. The van der Waals surface area contributed by atoms with Crippen LogP contribution in [0.3, 0.4) is 0 Å². The lowest BCUT2D eigenvalue weighted by molar-refractivity contribution is -0.192. The van der Waals surface area contributed by atoms with E-state index in [1.54, 1.807) is 6.92 Å². The number of rotatable bonds is 5. The molecule has 0 aliphatic carbocycles. The van der Waals surface area contributed by atoms with Crippen molar-refractivity contribution in [1.29, 1.82) is 0 Å². The van der Waals surface area contributed by atoms with E-state index in [9.17, 15) is 14.4 Å². The van der Waals surface area contributed by atoms with Crippen molar-refractivity contribution in [2.45, 2.75) is 64.1 Å². The zero-order valence-corrected chi connectivity index (χ0v) is 14.2. The molecular weight excluding hydrogens is 302 g/mol. The predicted molar refractivity (Wildman–Crippen MR) is 80.5 cm³/mol. The van der Waals surface area contributed by atoms with Gasteiger partial charge in [0, 0.05) is 13.0 Å². The first kappa shape index (κ1) is 17.7. The third kappa shape index (κ3) is 3.34. The van der Waals surface area contributed by atoms with Crippen molar-refractivity contribution >= 4 is 17.9 Å². The largest absolute Gasteiger partial charge is 0.466 e. The average Bonchev–Trinajstić information content (AvgIpc) is 2.83. The van der Waals surface area contributed by atoms with Gasteiger partial charge in [0.05, 0.1) is 18.6 Å². The van der Waals surface area contributed by atoms with Gasteiger partial charge >= 0.3 is 17.9 Å². The van der Waals surface area contributed by atoms with Crippen molar-refractivity contribution in [3.63, 3.8) is 0 Å². The summed E-state index contributed by atoms with van der Waals surface area (Å²) in [4.78, 5) is 37.6. The normalized spacial score (nSPS) is 29.6. The minimum absolute atomic E-state index is 0.0517. The summed E-state index contributed by atoms with van der Waals surface area (Å²) >= 11 is 0. The van der Waals surface area contributed by atoms with Gasteiger partial charge in [0.25, 0.3) is 0 Å². The molecule has 7 heteroatoms. The van der Waals surface area contributed by atoms with Gasteiger partial charge in [-0.05, 0) is 33.6 Å². The van der Waals surface area contributed by atoms with E-state index in [2.05, 4.69) is 0 Å². The Hall–Kier alpha value is -1.63. The van der Waals surface area contributed by atoms with Gasteiger partial charge in [0.1, 0.15) is 13.2 Å². The van der Waals surface area contributed by atoms with Gasteiger partial charge in [-0.2, -0.15) is 0 Å². The highest BCUT2D eigenvalue weighted by Gasteiger charge is 2.61. The molecule has 2 heterocycles. The topological polar surface area (TPSA) is 82.1 Å². The summed E-state index contributed by atoms with van der Waals surface area (Å²) in [5, 5.41) is 0. The summed E-state index contributed by atoms with van der Waals surface area (Å²) in [7, 11) is 0. The van der Waals surface area contributed by atoms with Crippen molar-refractivity contribution in [2.75, 3.05) is 19.8 Å². The van der Waals surface area contributed by atoms with E-state index in [0.717, 1.165) is 0 Å². The fourth-order valence-corrected chi connectivity index (χ4v) is 3.75. The second-order valence-electron chi connectivity index (χ2n) is 6.77. The van der Waals surface area contributed by atoms with Gasteiger partial charge in [0.2, 0.25) is 0 Å². The number of carbonyl (C=O) groups excluding carboxylic acids is 3. The maximum atomic E-state index is 12.5. The van der Waals surface area contributed by atoms with Crippen molar-refractivity contribution in [2.24, 2.45) is 0 Å². The van der Waals surface area contributed by atoms with E-state index < -0.39 is 17.0 Å². The molecule has 2 saturated heterocycles. The zero-order valence-electron chi connectivity index (χ0n) is 14.2. The number of fused-ring (bicyclic) bond motifs is 1. The van der Waals surface area contributed by atoms with Crippen LogP contribution in [-0.2, 0) is 28.6 Å².